The Morgan fingerprint density at radius 1 is 1.08 bits per heavy atom. The molecule has 1 aliphatic rings. The second-order valence-corrected chi connectivity index (χ2v) is 7.66. The summed E-state index contributed by atoms with van der Waals surface area (Å²) in [4.78, 5) is 14.3. The average Bonchev–Trinajstić information content (AvgIpc) is 2.64. The number of rotatable bonds is 5. The van der Waals surface area contributed by atoms with Crippen LogP contribution >= 0.6 is 0 Å². The zero-order valence-corrected chi connectivity index (χ0v) is 14.8. The SMILES string of the molecule is O=C(c1ccccc1NS(=O)(=O)Cc1ccc(F)cc1)N1CCOCC1. The molecular weight excluding hydrogens is 359 g/mol. The first kappa shape index (κ1) is 18.3. The fourth-order valence-corrected chi connectivity index (χ4v) is 3.92. The van der Waals surface area contributed by atoms with E-state index in [9.17, 15) is 17.6 Å². The van der Waals surface area contributed by atoms with E-state index in [1.165, 1.54) is 24.3 Å². The number of benzene rings is 2. The molecule has 3 rings (SSSR count). The Morgan fingerprint density at radius 3 is 2.42 bits per heavy atom. The predicted octanol–water partition coefficient (Wildman–Crippen LogP) is 2.24. The van der Waals surface area contributed by atoms with Crippen LogP contribution in [0.1, 0.15) is 15.9 Å². The molecule has 0 unspecified atom stereocenters. The third-order valence-corrected chi connectivity index (χ3v) is 5.24. The highest BCUT2D eigenvalue weighted by Gasteiger charge is 2.22. The molecule has 0 bridgehead atoms. The molecule has 1 fully saturated rings. The first-order chi connectivity index (χ1) is 12.4. The van der Waals surface area contributed by atoms with Crippen molar-refractivity contribution in [3.63, 3.8) is 0 Å². The molecule has 1 heterocycles. The molecule has 2 aromatic rings. The lowest BCUT2D eigenvalue weighted by Crippen LogP contribution is -2.41. The van der Waals surface area contributed by atoms with Crippen LogP contribution in [0.5, 0.6) is 0 Å². The Balaban J connectivity index is 1.78. The van der Waals surface area contributed by atoms with Crippen LogP contribution in [0.25, 0.3) is 0 Å². The van der Waals surface area contributed by atoms with E-state index in [2.05, 4.69) is 4.72 Å². The zero-order valence-electron chi connectivity index (χ0n) is 14.0. The number of sulfonamides is 1. The number of nitrogens with one attached hydrogen (secondary N) is 1. The average molecular weight is 378 g/mol. The van der Waals surface area contributed by atoms with Crippen LogP contribution in [0, 0.1) is 5.82 Å². The summed E-state index contributed by atoms with van der Waals surface area (Å²) in [5, 5.41) is 0. The van der Waals surface area contributed by atoms with Crippen LogP contribution in [-0.2, 0) is 20.5 Å². The molecule has 8 heteroatoms. The van der Waals surface area contributed by atoms with Gasteiger partial charge in [-0.2, -0.15) is 0 Å². The van der Waals surface area contributed by atoms with Gasteiger partial charge in [0.2, 0.25) is 10.0 Å². The molecule has 138 valence electrons. The topological polar surface area (TPSA) is 75.7 Å². The van der Waals surface area contributed by atoms with Gasteiger partial charge in [-0.25, -0.2) is 12.8 Å². The van der Waals surface area contributed by atoms with Crippen molar-refractivity contribution in [2.45, 2.75) is 5.75 Å². The van der Waals surface area contributed by atoms with E-state index in [0.29, 0.717) is 31.9 Å². The normalized spacial score (nSPS) is 14.9. The van der Waals surface area contributed by atoms with Gasteiger partial charge in [0.15, 0.2) is 0 Å². The number of anilines is 1. The van der Waals surface area contributed by atoms with E-state index in [0.717, 1.165) is 0 Å². The maximum atomic E-state index is 13.0. The lowest BCUT2D eigenvalue weighted by Gasteiger charge is -2.27. The fraction of sp³-hybridized carbons (Fsp3) is 0.278. The number of carbonyl (C=O) groups excluding carboxylic acids is 1. The third kappa shape index (κ3) is 4.59. The second kappa shape index (κ2) is 7.84. The van der Waals surface area contributed by atoms with E-state index in [4.69, 9.17) is 4.74 Å². The summed E-state index contributed by atoms with van der Waals surface area (Å²) < 4.78 is 45.6. The Labute approximate surface area is 151 Å². The van der Waals surface area contributed by atoms with Crippen LogP contribution in [0.4, 0.5) is 10.1 Å². The van der Waals surface area contributed by atoms with Gasteiger partial charge in [0.05, 0.1) is 30.2 Å². The van der Waals surface area contributed by atoms with E-state index in [1.807, 2.05) is 0 Å². The fourth-order valence-electron chi connectivity index (χ4n) is 2.70. The summed E-state index contributed by atoms with van der Waals surface area (Å²) in [7, 11) is -3.76. The molecule has 1 saturated heterocycles. The highest BCUT2D eigenvalue weighted by atomic mass is 32.2. The van der Waals surface area contributed by atoms with Crippen LogP contribution in [-0.4, -0.2) is 45.5 Å². The number of carbonyl (C=O) groups is 1. The van der Waals surface area contributed by atoms with Crippen LogP contribution in [0.15, 0.2) is 48.5 Å². The first-order valence-electron chi connectivity index (χ1n) is 8.15. The molecule has 1 aliphatic heterocycles. The predicted molar refractivity (Wildman–Crippen MR) is 95.8 cm³/mol. The number of ether oxygens (including phenoxy) is 1. The number of amides is 1. The minimum absolute atomic E-state index is 0.228. The molecule has 0 atom stereocenters. The smallest absolute Gasteiger partial charge is 0.256 e. The molecule has 6 nitrogen and oxygen atoms in total. The quantitative estimate of drug-likeness (QED) is 0.866. The molecule has 1 amide bonds. The summed E-state index contributed by atoms with van der Waals surface area (Å²) in [5.41, 5.74) is 0.971. The zero-order chi connectivity index (χ0) is 18.6. The summed E-state index contributed by atoms with van der Waals surface area (Å²) in [6.45, 7) is 1.86. The van der Waals surface area contributed by atoms with Crippen molar-refractivity contribution in [3.8, 4) is 0 Å². The summed E-state index contributed by atoms with van der Waals surface area (Å²) in [6, 6.07) is 11.7. The molecule has 1 N–H and O–H groups in total. The summed E-state index contributed by atoms with van der Waals surface area (Å²) in [6.07, 6.45) is 0. The summed E-state index contributed by atoms with van der Waals surface area (Å²) in [5.74, 6) is -0.984. The van der Waals surface area contributed by atoms with Crippen LogP contribution < -0.4 is 4.72 Å². The maximum Gasteiger partial charge on any atom is 0.256 e. The van der Waals surface area contributed by atoms with E-state index in [-0.39, 0.29) is 22.9 Å². The van der Waals surface area contributed by atoms with Gasteiger partial charge in [0.25, 0.3) is 5.91 Å². The van der Waals surface area contributed by atoms with Crippen molar-refractivity contribution >= 4 is 21.6 Å². The summed E-state index contributed by atoms with van der Waals surface area (Å²) >= 11 is 0. The van der Waals surface area contributed by atoms with Gasteiger partial charge in [-0.15, -0.1) is 0 Å². The Morgan fingerprint density at radius 2 is 1.73 bits per heavy atom. The molecular formula is C18H19FN2O4S. The number of hydrogen-bond donors (Lipinski definition) is 1. The van der Waals surface area contributed by atoms with Crippen molar-refractivity contribution in [2.75, 3.05) is 31.0 Å². The van der Waals surface area contributed by atoms with Crippen LogP contribution in [0.3, 0.4) is 0 Å². The Bertz CT molecular complexity index is 878. The Kier molecular flexibility index (Phi) is 5.53. The van der Waals surface area contributed by atoms with E-state index < -0.39 is 15.8 Å². The van der Waals surface area contributed by atoms with Crippen molar-refractivity contribution in [1.29, 1.82) is 0 Å². The van der Waals surface area contributed by atoms with Crippen molar-refractivity contribution in [1.82, 2.24) is 4.90 Å². The lowest BCUT2D eigenvalue weighted by molar-refractivity contribution is 0.0303. The van der Waals surface area contributed by atoms with Gasteiger partial charge < -0.3 is 9.64 Å². The Hall–Kier alpha value is -2.45. The molecule has 0 saturated carbocycles. The monoisotopic (exact) mass is 378 g/mol. The van der Waals surface area contributed by atoms with Gasteiger partial charge >= 0.3 is 0 Å². The van der Waals surface area contributed by atoms with Gasteiger partial charge in [-0.05, 0) is 29.8 Å². The number of nitrogens with zero attached hydrogens (tertiary/aromatic N) is 1. The largest absolute Gasteiger partial charge is 0.378 e. The molecule has 0 aliphatic carbocycles. The first-order valence-corrected chi connectivity index (χ1v) is 9.81. The standard InChI is InChI=1S/C18H19FN2O4S/c19-15-7-5-14(6-8-15)13-26(23,24)20-17-4-2-1-3-16(17)18(22)21-9-11-25-12-10-21/h1-8,20H,9-13H2. The van der Waals surface area contributed by atoms with Crippen molar-refractivity contribution < 1.29 is 22.3 Å². The number of para-hydroxylation sites is 1. The highest BCUT2D eigenvalue weighted by molar-refractivity contribution is 7.91. The van der Waals surface area contributed by atoms with Crippen molar-refractivity contribution in [3.05, 3.63) is 65.5 Å². The lowest BCUT2D eigenvalue weighted by atomic mass is 10.1. The number of morpholine rings is 1. The maximum absolute atomic E-state index is 13.0. The number of hydrogen-bond acceptors (Lipinski definition) is 4. The van der Waals surface area contributed by atoms with Crippen LogP contribution in [0.2, 0.25) is 0 Å². The van der Waals surface area contributed by atoms with Gasteiger partial charge in [-0.1, -0.05) is 24.3 Å². The third-order valence-electron chi connectivity index (χ3n) is 3.99. The minimum atomic E-state index is -3.76. The molecule has 0 radical (unpaired) electrons. The van der Waals surface area contributed by atoms with E-state index >= 15 is 0 Å². The molecule has 0 spiro atoms. The minimum Gasteiger partial charge on any atom is -0.378 e. The molecule has 0 aromatic heterocycles. The molecule has 26 heavy (non-hydrogen) atoms. The van der Waals surface area contributed by atoms with Gasteiger partial charge in [-0.3, -0.25) is 9.52 Å². The second-order valence-electron chi connectivity index (χ2n) is 5.94. The number of halogens is 1. The van der Waals surface area contributed by atoms with E-state index in [1.54, 1.807) is 29.2 Å². The molecule has 2 aromatic carbocycles. The van der Waals surface area contributed by atoms with Crippen molar-refractivity contribution in [2.24, 2.45) is 0 Å². The van der Waals surface area contributed by atoms with Gasteiger partial charge in [0, 0.05) is 13.1 Å². The van der Waals surface area contributed by atoms with Gasteiger partial charge in [0.1, 0.15) is 5.82 Å². The highest BCUT2D eigenvalue weighted by Crippen LogP contribution is 2.20.